The summed E-state index contributed by atoms with van der Waals surface area (Å²) >= 11 is 5.91. The molecule has 1 fully saturated rings. The average molecular weight is 224 g/mol. The van der Waals surface area contributed by atoms with Crippen LogP contribution < -0.4 is 5.32 Å². The van der Waals surface area contributed by atoms with Crippen molar-refractivity contribution in [3.8, 4) is 0 Å². The average Bonchev–Trinajstić information content (AvgIpc) is 2.19. The zero-order valence-electron chi connectivity index (χ0n) is 9.39. The van der Waals surface area contributed by atoms with Gasteiger partial charge < -0.3 is 5.32 Å². The molecule has 15 heavy (non-hydrogen) atoms. The van der Waals surface area contributed by atoms with E-state index < -0.39 is 0 Å². The third kappa shape index (κ3) is 2.46. The molecule has 2 atom stereocenters. The molecule has 1 aromatic rings. The molecular formula is C13H18ClN. The molecule has 1 nitrogen and oxygen atoms in total. The van der Waals surface area contributed by atoms with Crippen molar-refractivity contribution in [3.63, 3.8) is 0 Å². The molecule has 82 valence electrons. The van der Waals surface area contributed by atoms with E-state index in [1.165, 1.54) is 24.1 Å². The van der Waals surface area contributed by atoms with Gasteiger partial charge in [0, 0.05) is 17.3 Å². The van der Waals surface area contributed by atoms with Crippen molar-refractivity contribution in [2.75, 3.05) is 11.9 Å². The lowest BCUT2D eigenvalue weighted by Crippen LogP contribution is -2.29. The van der Waals surface area contributed by atoms with Crippen LogP contribution in [0.1, 0.15) is 25.3 Å². The summed E-state index contributed by atoms with van der Waals surface area (Å²) < 4.78 is 0. The van der Waals surface area contributed by atoms with Crippen molar-refractivity contribution < 1.29 is 0 Å². The van der Waals surface area contributed by atoms with Gasteiger partial charge in [-0.2, -0.15) is 0 Å². The highest BCUT2D eigenvalue weighted by Gasteiger charge is 2.26. The van der Waals surface area contributed by atoms with E-state index in [1.807, 2.05) is 12.1 Å². The van der Waals surface area contributed by atoms with Crippen LogP contribution in [0.2, 0.25) is 5.02 Å². The molecule has 0 unspecified atom stereocenters. The first-order valence-corrected chi connectivity index (χ1v) is 6.04. The third-order valence-electron chi connectivity index (χ3n) is 3.54. The minimum atomic E-state index is 0.815. The van der Waals surface area contributed by atoms with Gasteiger partial charge in [-0.1, -0.05) is 24.9 Å². The summed E-state index contributed by atoms with van der Waals surface area (Å²) in [7, 11) is 0. The highest BCUT2D eigenvalue weighted by molar-refractivity contribution is 6.30. The topological polar surface area (TPSA) is 12.0 Å². The summed E-state index contributed by atoms with van der Waals surface area (Å²) in [6.07, 6.45) is 2.77. The second kappa shape index (κ2) is 4.44. The van der Waals surface area contributed by atoms with Gasteiger partial charge in [-0.05, 0) is 48.9 Å². The van der Waals surface area contributed by atoms with Crippen LogP contribution in [0.25, 0.3) is 0 Å². The van der Waals surface area contributed by atoms with Crippen LogP contribution in [0.3, 0.4) is 0 Å². The molecule has 1 aliphatic carbocycles. The van der Waals surface area contributed by atoms with E-state index in [-0.39, 0.29) is 0 Å². The molecule has 0 radical (unpaired) electrons. The van der Waals surface area contributed by atoms with Crippen LogP contribution in [0.5, 0.6) is 0 Å². The number of benzene rings is 1. The fourth-order valence-corrected chi connectivity index (χ4v) is 2.33. The number of aryl methyl sites for hydroxylation is 1. The maximum atomic E-state index is 5.91. The van der Waals surface area contributed by atoms with Crippen LogP contribution in [-0.2, 0) is 0 Å². The number of halogens is 1. The Balaban J connectivity index is 1.93. The van der Waals surface area contributed by atoms with Crippen molar-refractivity contribution in [2.45, 2.75) is 26.7 Å². The summed E-state index contributed by atoms with van der Waals surface area (Å²) in [5.41, 5.74) is 2.45. The molecule has 1 aliphatic rings. The Morgan fingerprint density at radius 3 is 2.73 bits per heavy atom. The molecule has 2 rings (SSSR count). The normalized spacial score (nSPS) is 24.7. The Morgan fingerprint density at radius 2 is 2.20 bits per heavy atom. The van der Waals surface area contributed by atoms with Crippen LogP contribution in [0, 0.1) is 18.8 Å². The highest BCUT2D eigenvalue weighted by Crippen LogP contribution is 2.33. The molecule has 0 bridgehead atoms. The maximum absolute atomic E-state index is 5.91. The summed E-state index contributed by atoms with van der Waals surface area (Å²) in [6, 6.07) is 6.02. The van der Waals surface area contributed by atoms with E-state index in [0.717, 1.165) is 23.4 Å². The van der Waals surface area contributed by atoms with E-state index in [9.17, 15) is 0 Å². The van der Waals surface area contributed by atoms with Crippen LogP contribution in [-0.4, -0.2) is 6.54 Å². The fraction of sp³-hybridized carbons (Fsp3) is 0.538. The lowest BCUT2D eigenvalue weighted by Gasteiger charge is -2.34. The Labute approximate surface area is 96.8 Å². The monoisotopic (exact) mass is 223 g/mol. The van der Waals surface area contributed by atoms with Gasteiger partial charge in [0.15, 0.2) is 0 Å². The van der Waals surface area contributed by atoms with Gasteiger partial charge in [-0.25, -0.2) is 0 Å². The highest BCUT2D eigenvalue weighted by atomic mass is 35.5. The fourth-order valence-electron chi connectivity index (χ4n) is 2.11. The lowest BCUT2D eigenvalue weighted by molar-refractivity contribution is 0.210. The van der Waals surface area contributed by atoms with Gasteiger partial charge in [0.25, 0.3) is 0 Å². The second-order valence-corrected chi connectivity index (χ2v) is 5.09. The van der Waals surface area contributed by atoms with E-state index >= 15 is 0 Å². The standard InChI is InChI=1S/C13H18ClN/c1-9-3-4-11(9)8-15-13-6-5-12(14)7-10(13)2/h5-7,9,11,15H,3-4,8H2,1-2H3/t9-,11+/m1/s1. The number of rotatable bonds is 3. The van der Waals surface area contributed by atoms with Crippen molar-refractivity contribution in [3.05, 3.63) is 28.8 Å². The Kier molecular flexibility index (Phi) is 3.20. The Hall–Kier alpha value is -0.690. The molecule has 0 heterocycles. The number of anilines is 1. The maximum Gasteiger partial charge on any atom is 0.0410 e. The van der Waals surface area contributed by atoms with Gasteiger partial charge in [0.1, 0.15) is 0 Å². The van der Waals surface area contributed by atoms with Gasteiger partial charge in [-0.3, -0.25) is 0 Å². The summed E-state index contributed by atoms with van der Waals surface area (Å²) in [6.45, 7) is 5.53. The van der Waals surface area contributed by atoms with Gasteiger partial charge >= 0.3 is 0 Å². The van der Waals surface area contributed by atoms with Crippen LogP contribution >= 0.6 is 11.6 Å². The van der Waals surface area contributed by atoms with Gasteiger partial charge in [-0.15, -0.1) is 0 Å². The predicted octanol–water partition coefficient (Wildman–Crippen LogP) is 4.11. The first-order valence-electron chi connectivity index (χ1n) is 5.67. The summed E-state index contributed by atoms with van der Waals surface area (Å²) in [5.74, 6) is 1.75. The Bertz CT molecular complexity index is 348. The molecule has 1 N–H and O–H groups in total. The zero-order chi connectivity index (χ0) is 10.8. The van der Waals surface area contributed by atoms with Crippen molar-refractivity contribution in [1.82, 2.24) is 0 Å². The van der Waals surface area contributed by atoms with E-state index in [0.29, 0.717) is 0 Å². The quantitative estimate of drug-likeness (QED) is 0.814. The zero-order valence-corrected chi connectivity index (χ0v) is 10.1. The molecule has 1 aromatic carbocycles. The van der Waals surface area contributed by atoms with Crippen LogP contribution in [0.15, 0.2) is 18.2 Å². The van der Waals surface area contributed by atoms with Crippen molar-refractivity contribution in [2.24, 2.45) is 11.8 Å². The molecule has 0 amide bonds. The molecule has 1 saturated carbocycles. The summed E-state index contributed by atoms with van der Waals surface area (Å²) in [4.78, 5) is 0. The molecule has 2 heteroatoms. The van der Waals surface area contributed by atoms with E-state index in [4.69, 9.17) is 11.6 Å². The number of hydrogen-bond acceptors (Lipinski definition) is 1. The van der Waals surface area contributed by atoms with E-state index in [1.54, 1.807) is 0 Å². The minimum Gasteiger partial charge on any atom is -0.385 e. The van der Waals surface area contributed by atoms with Crippen molar-refractivity contribution in [1.29, 1.82) is 0 Å². The minimum absolute atomic E-state index is 0.815. The molecule has 0 spiro atoms. The first-order chi connectivity index (χ1) is 7.16. The lowest BCUT2D eigenvalue weighted by atomic mass is 9.75. The SMILES string of the molecule is Cc1cc(Cl)ccc1NC[C@@H]1CC[C@H]1C. The molecule has 0 saturated heterocycles. The smallest absolute Gasteiger partial charge is 0.0410 e. The number of hydrogen-bond donors (Lipinski definition) is 1. The van der Waals surface area contributed by atoms with Crippen molar-refractivity contribution >= 4 is 17.3 Å². The molecule has 0 aromatic heterocycles. The molecular weight excluding hydrogens is 206 g/mol. The summed E-state index contributed by atoms with van der Waals surface area (Å²) in [5, 5.41) is 4.33. The second-order valence-electron chi connectivity index (χ2n) is 4.65. The predicted molar refractivity (Wildman–Crippen MR) is 66.6 cm³/mol. The first kappa shape index (κ1) is 10.8. The van der Waals surface area contributed by atoms with Gasteiger partial charge in [0.2, 0.25) is 0 Å². The van der Waals surface area contributed by atoms with Gasteiger partial charge in [0.05, 0.1) is 0 Å². The third-order valence-corrected chi connectivity index (χ3v) is 3.78. The van der Waals surface area contributed by atoms with E-state index in [2.05, 4.69) is 25.2 Å². The number of nitrogens with one attached hydrogen (secondary N) is 1. The molecule has 0 aliphatic heterocycles. The van der Waals surface area contributed by atoms with Crippen LogP contribution in [0.4, 0.5) is 5.69 Å². The largest absolute Gasteiger partial charge is 0.385 e. The Morgan fingerprint density at radius 1 is 1.40 bits per heavy atom.